The van der Waals surface area contributed by atoms with Crippen LogP contribution in [0.25, 0.3) is 11.3 Å². The Balaban J connectivity index is 1.77. The minimum absolute atomic E-state index is 0.105. The summed E-state index contributed by atoms with van der Waals surface area (Å²) < 4.78 is 1.72. The number of nitrogens with zero attached hydrogens (tertiary/aromatic N) is 3. The molecule has 4 rings (SSSR count). The molecule has 25 heavy (non-hydrogen) atoms. The van der Waals surface area contributed by atoms with Crippen molar-refractivity contribution in [3.05, 3.63) is 72.4 Å². The molecule has 1 atom stereocenters. The fourth-order valence-corrected chi connectivity index (χ4v) is 3.88. The van der Waals surface area contributed by atoms with Gasteiger partial charge in [-0.25, -0.2) is 9.66 Å². The average Bonchev–Trinajstić information content (AvgIpc) is 3.05. The number of thioether (sulfide) groups is 1. The van der Waals surface area contributed by atoms with Gasteiger partial charge in [-0.15, -0.1) is 0 Å². The van der Waals surface area contributed by atoms with E-state index in [1.165, 1.54) is 11.8 Å². The number of carbonyl (C=O) groups is 1. The van der Waals surface area contributed by atoms with E-state index in [2.05, 4.69) is 10.1 Å². The maximum absolute atomic E-state index is 11.2. The monoisotopic (exact) mass is 348 g/mol. The summed E-state index contributed by atoms with van der Waals surface area (Å²) in [6, 6.07) is 19.5. The number of rotatable bonds is 4. The van der Waals surface area contributed by atoms with Gasteiger partial charge in [-0.1, -0.05) is 72.4 Å². The first kappa shape index (κ1) is 15.7. The summed E-state index contributed by atoms with van der Waals surface area (Å²) in [5, 5.41) is 16.2. The van der Waals surface area contributed by atoms with Crippen LogP contribution in [0.5, 0.6) is 0 Å². The summed E-state index contributed by atoms with van der Waals surface area (Å²) in [7, 11) is 0. The Morgan fingerprint density at radius 3 is 2.32 bits per heavy atom. The van der Waals surface area contributed by atoms with Crippen LogP contribution in [0.1, 0.15) is 12.0 Å². The minimum Gasteiger partial charge on any atom is -0.550 e. The zero-order chi connectivity index (χ0) is 17.2. The molecule has 0 amide bonds. The smallest absolute Gasteiger partial charge is 0.190 e. The second-order valence-electron chi connectivity index (χ2n) is 5.65. The molecule has 0 unspecified atom stereocenters. The van der Waals surface area contributed by atoms with Crippen LogP contribution in [0, 0.1) is 0 Å². The highest BCUT2D eigenvalue weighted by atomic mass is 32.2. The van der Waals surface area contributed by atoms with E-state index in [9.17, 15) is 9.90 Å². The summed E-state index contributed by atoms with van der Waals surface area (Å²) in [5.41, 5.74) is 3.44. The Morgan fingerprint density at radius 1 is 1.04 bits per heavy atom. The van der Waals surface area contributed by atoms with Crippen LogP contribution in [-0.4, -0.2) is 26.6 Å². The topological polar surface area (TPSA) is 70.3 Å². The molecule has 124 valence electrons. The Bertz CT molecular complexity index is 936. The molecule has 0 saturated carbocycles. The molecule has 5 nitrogen and oxygen atoms in total. The molecule has 3 aromatic rings. The van der Waals surface area contributed by atoms with Gasteiger partial charge in [-0.3, -0.25) is 0 Å². The van der Waals surface area contributed by atoms with Crippen LogP contribution in [0.3, 0.4) is 0 Å². The van der Waals surface area contributed by atoms with Gasteiger partial charge in [0, 0.05) is 18.0 Å². The Kier molecular flexibility index (Phi) is 4.11. The molecule has 1 aromatic heterocycles. The zero-order valence-corrected chi connectivity index (χ0v) is 14.0. The predicted molar refractivity (Wildman–Crippen MR) is 95.3 cm³/mol. The highest BCUT2D eigenvalue weighted by molar-refractivity contribution is 8.00. The first-order chi connectivity index (χ1) is 12.2. The third kappa shape index (κ3) is 3.21. The van der Waals surface area contributed by atoms with Crippen LogP contribution < -0.4 is 5.11 Å². The lowest BCUT2D eigenvalue weighted by Crippen LogP contribution is -2.32. The molecule has 0 saturated heterocycles. The fraction of sp³-hybridized carbons (Fsp3) is 0.105. The quantitative estimate of drug-likeness (QED) is 0.726. The summed E-state index contributed by atoms with van der Waals surface area (Å²) in [4.78, 5) is 15.8. The number of aromatic nitrogens is 2. The van der Waals surface area contributed by atoms with Gasteiger partial charge in [-0.2, -0.15) is 5.10 Å². The summed E-state index contributed by atoms with van der Waals surface area (Å²) in [6.07, 6.45) is 1.77. The van der Waals surface area contributed by atoms with Crippen LogP contribution in [0.2, 0.25) is 0 Å². The normalized spacial score (nSPS) is 16.2. The molecule has 2 aromatic carbocycles. The first-order valence-electron chi connectivity index (χ1n) is 7.86. The molecule has 0 bridgehead atoms. The van der Waals surface area contributed by atoms with E-state index in [1.807, 2.05) is 66.9 Å². The molecule has 1 aliphatic rings. The SMILES string of the molecule is O=C([O-])C[C@H]1Sc2nc(-c3ccccc3)cn2N=C1c1ccccc1. The average molecular weight is 348 g/mol. The number of fused-ring (bicyclic) bond motifs is 1. The molecule has 0 aliphatic carbocycles. The van der Waals surface area contributed by atoms with E-state index < -0.39 is 5.97 Å². The van der Waals surface area contributed by atoms with Crippen molar-refractivity contribution in [2.75, 3.05) is 0 Å². The zero-order valence-electron chi connectivity index (χ0n) is 13.2. The van der Waals surface area contributed by atoms with Crippen LogP contribution in [0.4, 0.5) is 0 Å². The molecule has 0 radical (unpaired) electrons. The second-order valence-corrected chi connectivity index (χ2v) is 6.82. The van der Waals surface area contributed by atoms with E-state index in [-0.39, 0.29) is 11.7 Å². The first-order valence-corrected chi connectivity index (χ1v) is 8.74. The number of carboxylic acids is 1. The van der Waals surface area contributed by atoms with E-state index in [1.54, 1.807) is 4.68 Å². The largest absolute Gasteiger partial charge is 0.550 e. The highest BCUT2D eigenvalue weighted by Crippen LogP contribution is 2.34. The van der Waals surface area contributed by atoms with Gasteiger partial charge in [0.2, 0.25) is 0 Å². The van der Waals surface area contributed by atoms with Crippen LogP contribution >= 0.6 is 11.8 Å². The lowest BCUT2D eigenvalue weighted by atomic mass is 10.1. The Morgan fingerprint density at radius 2 is 1.68 bits per heavy atom. The predicted octanol–water partition coefficient (Wildman–Crippen LogP) is 2.42. The van der Waals surface area contributed by atoms with Gasteiger partial charge in [0.15, 0.2) is 5.16 Å². The van der Waals surface area contributed by atoms with E-state index >= 15 is 0 Å². The van der Waals surface area contributed by atoms with Gasteiger partial charge in [-0.05, 0) is 5.56 Å². The van der Waals surface area contributed by atoms with Crippen molar-refractivity contribution in [1.82, 2.24) is 9.66 Å². The number of hydrogen-bond donors (Lipinski definition) is 0. The van der Waals surface area contributed by atoms with Gasteiger partial charge in [0.05, 0.1) is 22.9 Å². The maximum atomic E-state index is 11.2. The number of benzene rings is 2. The van der Waals surface area contributed by atoms with Gasteiger partial charge in [0.25, 0.3) is 0 Å². The minimum atomic E-state index is -1.09. The van der Waals surface area contributed by atoms with Crippen molar-refractivity contribution in [2.45, 2.75) is 16.8 Å². The molecule has 0 N–H and O–H groups in total. The Labute approximate surface area is 149 Å². The molecule has 1 aliphatic heterocycles. The second kappa shape index (κ2) is 6.57. The van der Waals surface area contributed by atoms with Crippen molar-refractivity contribution in [3.63, 3.8) is 0 Å². The Hall–Kier alpha value is -2.86. The van der Waals surface area contributed by atoms with E-state index in [4.69, 9.17) is 0 Å². The lowest BCUT2D eigenvalue weighted by molar-refractivity contribution is -0.305. The third-order valence-electron chi connectivity index (χ3n) is 3.92. The van der Waals surface area contributed by atoms with E-state index in [0.29, 0.717) is 5.16 Å². The standard InChI is InChI=1S/C19H15N3O2S/c23-17(24)11-16-18(14-9-5-2-6-10-14)21-22-12-15(20-19(22)25-16)13-7-3-1-4-8-13/h1-10,12,16H,11H2,(H,23,24)/p-1/t16-/m1/s1. The van der Waals surface area contributed by atoms with Crippen molar-refractivity contribution in [3.8, 4) is 11.3 Å². The summed E-state index contributed by atoms with van der Waals surface area (Å²) in [5.74, 6) is -1.09. The summed E-state index contributed by atoms with van der Waals surface area (Å²) in [6.45, 7) is 0. The third-order valence-corrected chi connectivity index (χ3v) is 5.08. The van der Waals surface area contributed by atoms with Crippen molar-refractivity contribution in [1.29, 1.82) is 0 Å². The molecule has 0 fully saturated rings. The van der Waals surface area contributed by atoms with Crippen LogP contribution in [-0.2, 0) is 4.79 Å². The fourth-order valence-electron chi connectivity index (χ4n) is 2.76. The number of carboxylic acid groups (broad SMARTS) is 1. The molecule has 6 heteroatoms. The number of hydrogen-bond acceptors (Lipinski definition) is 5. The molecular formula is C19H14N3O2S-. The molecule has 0 spiro atoms. The number of imidazole rings is 1. The maximum Gasteiger partial charge on any atom is 0.190 e. The number of aliphatic carboxylic acids is 1. The van der Waals surface area contributed by atoms with Crippen molar-refractivity contribution >= 4 is 23.4 Å². The van der Waals surface area contributed by atoms with Crippen molar-refractivity contribution in [2.24, 2.45) is 5.10 Å². The highest BCUT2D eigenvalue weighted by Gasteiger charge is 2.27. The van der Waals surface area contributed by atoms with Crippen molar-refractivity contribution < 1.29 is 9.90 Å². The lowest BCUT2D eigenvalue weighted by Gasteiger charge is -2.23. The molecule has 2 heterocycles. The van der Waals surface area contributed by atoms with Crippen LogP contribution in [0.15, 0.2) is 77.1 Å². The van der Waals surface area contributed by atoms with E-state index in [0.717, 1.165) is 22.5 Å². The number of carbonyl (C=O) groups excluding carboxylic acids is 1. The van der Waals surface area contributed by atoms with Gasteiger partial charge >= 0.3 is 0 Å². The molecular weight excluding hydrogens is 334 g/mol. The van der Waals surface area contributed by atoms with Gasteiger partial charge in [0.1, 0.15) is 0 Å². The van der Waals surface area contributed by atoms with Gasteiger partial charge < -0.3 is 9.90 Å². The summed E-state index contributed by atoms with van der Waals surface area (Å²) >= 11 is 1.40.